The molecule has 0 N–H and O–H groups in total. The molecule has 0 atom stereocenters. The normalized spacial score (nSPS) is 14.1. The maximum Gasteiger partial charge on any atom is 0.0891 e. The van der Waals surface area contributed by atoms with Crippen LogP contribution in [0.2, 0.25) is 0 Å². The minimum Gasteiger partial charge on any atom is -0.365 e. The van der Waals surface area contributed by atoms with E-state index in [9.17, 15) is 0 Å². The first-order chi connectivity index (χ1) is 11.2. The van der Waals surface area contributed by atoms with Gasteiger partial charge in [-0.15, -0.1) is 0 Å². The summed E-state index contributed by atoms with van der Waals surface area (Å²) < 4.78 is 0. The molecule has 3 heteroatoms. The van der Waals surface area contributed by atoms with Gasteiger partial charge >= 0.3 is 0 Å². The molecular weight excluding hydrogens is 282 g/mol. The number of anilines is 1. The van der Waals surface area contributed by atoms with Crippen molar-refractivity contribution in [3.8, 4) is 0 Å². The molecule has 0 aliphatic carbocycles. The molecule has 2 aromatic carbocycles. The van der Waals surface area contributed by atoms with Gasteiger partial charge in [0.1, 0.15) is 0 Å². The van der Waals surface area contributed by atoms with Gasteiger partial charge in [0, 0.05) is 12.2 Å². The highest BCUT2D eigenvalue weighted by Gasteiger charge is 2.18. The highest BCUT2D eigenvalue weighted by atomic mass is 15.1. The van der Waals surface area contributed by atoms with Crippen molar-refractivity contribution >= 4 is 16.7 Å². The van der Waals surface area contributed by atoms with E-state index in [1.54, 1.807) is 0 Å². The molecule has 0 amide bonds. The van der Waals surface area contributed by atoms with E-state index in [0.29, 0.717) is 0 Å². The van der Waals surface area contributed by atoms with E-state index in [4.69, 9.17) is 9.97 Å². The van der Waals surface area contributed by atoms with Crippen molar-refractivity contribution in [1.29, 1.82) is 0 Å². The van der Waals surface area contributed by atoms with Crippen molar-refractivity contribution in [2.45, 2.75) is 33.2 Å². The lowest BCUT2D eigenvalue weighted by molar-refractivity contribution is 0.681. The molecule has 23 heavy (non-hydrogen) atoms. The van der Waals surface area contributed by atoms with E-state index in [2.05, 4.69) is 36.9 Å². The maximum absolute atomic E-state index is 4.86. The van der Waals surface area contributed by atoms with Crippen LogP contribution in [0.5, 0.6) is 0 Å². The number of hydrogen-bond acceptors (Lipinski definition) is 3. The van der Waals surface area contributed by atoms with Crippen LogP contribution in [0.25, 0.3) is 11.0 Å². The van der Waals surface area contributed by atoms with Gasteiger partial charge in [-0.2, -0.15) is 0 Å². The average molecular weight is 303 g/mol. The third kappa shape index (κ3) is 2.67. The van der Waals surface area contributed by atoms with E-state index in [0.717, 1.165) is 35.5 Å². The highest BCUT2D eigenvalue weighted by molar-refractivity contribution is 5.74. The number of para-hydroxylation sites is 2. The summed E-state index contributed by atoms with van der Waals surface area (Å²) in [7, 11) is 0. The molecule has 0 bridgehead atoms. The molecule has 0 unspecified atom stereocenters. The summed E-state index contributed by atoms with van der Waals surface area (Å²) in [6.45, 7) is 6.15. The molecule has 2 heterocycles. The highest BCUT2D eigenvalue weighted by Crippen LogP contribution is 2.29. The lowest BCUT2D eigenvalue weighted by atomic mass is 9.99. The Morgan fingerprint density at radius 3 is 2.61 bits per heavy atom. The predicted octanol–water partition coefficient (Wildman–Crippen LogP) is 4.20. The van der Waals surface area contributed by atoms with Gasteiger partial charge in [-0.25, -0.2) is 9.97 Å². The molecule has 0 saturated carbocycles. The molecule has 0 saturated heterocycles. The van der Waals surface area contributed by atoms with Crippen LogP contribution >= 0.6 is 0 Å². The average Bonchev–Trinajstić information content (AvgIpc) is 2.55. The quantitative estimate of drug-likeness (QED) is 0.710. The van der Waals surface area contributed by atoms with Crippen LogP contribution in [0.1, 0.15) is 28.9 Å². The van der Waals surface area contributed by atoms with E-state index < -0.39 is 0 Å². The first kappa shape index (κ1) is 14.2. The molecule has 4 rings (SSSR count). The summed E-state index contributed by atoms with van der Waals surface area (Å²) in [6.07, 6.45) is 2.38. The fraction of sp³-hybridized carbons (Fsp3) is 0.300. The Morgan fingerprint density at radius 2 is 1.78 bits per heavy atom. The van der Waals surface area contributed by atoms with Crippen LogP contribution in [0.15, 0.2) is 42.5 Å². The van der Waals surface area contributed by atoms with Crippen molar-refractivity contribution < 1.29 is 0 Å². The van der Waals surface area contributed by atoms with E-state index in [1.165, 1.54) is 29.7 Å². The summed E-state index contributed by atoms with van der Waals surface area (Å²) in [5.74, 6) is 0. The fourth-order valence-corrected chi connectivity index (χ4v) is 3.42. The molecule has 3 nitrogen and oxygen atoms in total. The van der Waals surface area contributed by atoms with E-state index in [-0.39, 0.29) is 0 Å². The fourth-order valence-electron chi connectivity index (χ4n) is 3.42. The van der Waals surface area contributed by atoms with Crippen molar-refractivity contribution in [2.75, 3.05) is 11.4 Å². The number of fused-ring (bicyclic) bond motifs is 2. The van der Waals surface area contributed by atoms with Gasteiger partial charge in [0.2, 0.25) is 0 Å². The van der Waals surface area contributed by atoms with Gasteiger partial charge in [-0.3, -0.25) is 0 Å². The van der Waals surface area contributed by atoms with E-state index >= 15 is 0 Å². The SMILES string of the molecule is Cc1ccc2c(c1)CCCN2Cc1nc2ccccc2nc1C. The van der Waals surface area contributed by atoms with Crippen LogP contribution in [0.4, 0.5) is 5.69 Å². The Morgan fingerprint density at radius 1 is 1.00 bits per heavy atom. The summed E-state index contributed by atoms with van der Waals surface area (Å²) >= 11 is 0. The Bertz CT molecular complexity index is 870. The van der Waals surface area contributed by atoms with Crippen molar-refractivity contribution in [3.63, 3.8) is 0 Å². The van der Waals surface area contributed by atoms with Crippen molar-refractivity contribution in [2.24, 2.45) is 0 Å². The van der Waals surface area contributed by atoms with Gasteiger partial charge in [-0.05, 0) is 50.5 Å². The predicted molar refractivity (Wildman–Crippen MR) is 94.8 cm³/mol. The monoisotopic (exact) mass is 303 g/mol. The Hall–Kier alpha value is -2.42. The second-order valence-corrected chi connectivity index (χ2v) is 6.40. The molecule has 0 fully saturated rings. The number of hydrogen-bond donors (Lipinski definition) is 0. The molecule has 1 aliphatic rings. The van der Waals surface area contributed by atoms with E-state index in [1.807, 2.05) is 24.3 Å². The Labute approximate surface area is 137 Å². The van der Waals surface area contributed by atoms with Crippen LogP contribution < -0.4 is 4.90 Å². The van der Waals surface area contributed by atoms with Crippen LogP contribution in [-0.2, 0) is 13.0 Å². The lowest BCUT2D eigenvalue weighted by Crippen LogP contribution is -2.29. The number of aromatic nitrogens is 2. The number of rotatable bonds is 2. The van der Waals surface area contributed by atoms with Crippen molar-refractivity contribution in [3.05, 3.63) is 65.0 Å². The first-order valence-corrected chi connectivity index (χ1v) is 8.27. The summed E-state index contributed by atoms with van der Waals surface area (Å²) in [4.78, 5) is 12.0. The third-order valence-electron chi connectivity index (χ3n) is 4.63. The minimum absolute atomic E-state index is 0.833. The number of aryl methyl sites for hydroxylation is 3. The smallest absolute Gasteiger partial charge is 0.0891 e. The topological polar surface area (TPSA) is 29.0 Å². The second kappa shape index (κ2) is 5.65. The van der Waals surface area contributed by atoms with Gasteiger partial charge in [0.15, 0.2) is 0 Å². The molecule has 0 spiro atoms. The van der Waals surface area contributed by atoms with Crippen LogP contribution in [0.3, 0.4) is 0 Å². The Balaban J connectivity index is 1.70. The second-order valence-electron chi connectivity index (χ2n) is 6.40. The van der Waals surface area contributed by atoms with Gasteiger partial charge in [0.05, 0.1) is 29.0 Å². The zero-order valence-corrected chi connectivity index (χ0v) is 13.7. The molecule has 0 radical (unpaired) electrons. The number of benzene rings is 2. The maximum atomic E-state index is 4.86. The Kier molecular flexibility index (Phi) is 3.49. The van der Waals surface area contributed by atoms with Crippen LogP contribution in [-0.4, -0.2) is 16.5 Å². The standard InChI is InChI=1S/C20H21N3/c1-14-9-10-20-16(12-14)6-5-11-23(20)13-19-15(2)21-17-7-3-4-8-18(17)22-19/h3-4,7-10,12H,5-6,11,13H2,1-2H3. The molecular formula is C20H21N3. The molecule has 1 aromatic heterocycles. The van der Waals surface area contributed by atoms with Gasteiger partial charge in [-0.1, -0.05) is 29.8 Å². The summed E-state index contributed by atoms with van der Waals surface area (Å²) in [6, 6.07) is 14.9. The zero-order chi connectivity index (χ0) is 15.8. The molecule has 3 aromatic rings. The lowest BCUT2D eigenvalue weighted by Gasteiger charge is -2.31. The minimum atomic E-state index is 0.833. The summed E-state index contributed by atoms with van der Waals surface area (Å²) in [5.41, 5.74) is 8.23. The zero-order valence-electron chi connectivity index (χ0n) is 13.7. The van der Waals surface area contributed by atoms with Gasteiger partial charge < -0.3 is 4.90 Å². The largest absolute Gasteiger partial charge is 0.365 e. The number of nitrogens with zero attached hydrogens (tertiary/aromatic N) is 3. The summed E-state index contributed by atoms with van der Waals surface area (Å²) in [5, 5.41) is 0. The van der Waals surface area contributed by atoms with Crippen molar-refractivity contribution in [1.82, 2.24) is 9.97 Å². The first-order valence-electron chi connectivity index (χ1n) is 8.27. The third-order valence-corrected chi connectivity index (χ3v) is 4.63. The molecule has 116 valence electrons. The molecule has 1 aliphatic heterocycles. The van der Waals surface area contributed by atoms with Gasteiger partial charge in [0.25, 0.3) is 0 Å². The van der Waals surface area contributed by atoms with Crippen LogP contribution in [0, 0.1) is 13.8 Å².